The van der Waals surface area contributed by atoms with Crippen molar-refractivity contribution in [2.24, 2.45) is 17.4 Å². The largest absolute Gasteiger partial charge is 0.369 e. The Hall–Kier alpha value is -2.09. The standard InChI is InChI=1S/C18H22F3N3O2/c19-13-7-15(21)14(20)5-9(13)6-16(22)10-3-11-1-2-12(4-10)24(11)18(26)8-17(23)25/h5,7,10-12,16H,1-4,6,8,22H2,(H2,23,25)/t10?,11?,12?,16-/m1/s1. The molecule has 4 N–H and O–H groups in total. The summed E-state index contributed by atoms with van der Waals surface area (Å²) in [5.41, 5.74) is 11.4. The third-order valence-corrected chi connectivity index (χ3v) is 5.53. The van der Waals surface area contributed by atoms with E-state index >= 15 is 0 Å². The van der Waals surface area contributed by atoms with Crippen LogP contribution in [0.25, 0.3) is 0 Å². The minimum Gasteiger partial charge on any atom is -0.369 e. The number of hydrogen-bond acceptors (Lipinski definition) is 3. The summed E-state index contributed by atoms with van der Waals surface area (Å²) in [6, 6.07) is 0.945. The molecule has 2 aliphatic heterocycles. The molecule has 2 heterocycles. The van der Waals surface area contributed by atoms with E-state index in [4.69, 9.17) is 11.5 Å². The van der Waals surface area contributed by atoms with Crippen LogP contribution < -0.4 is 11.5 Å². The van der Waals surface area contributed by atoms with Crippen LogP contribution in [0.15, 0.2) is 12.1 Å². The zero-order valence-corrected chi connectivity index (χ0v) is 14.3. The van der Waals surface area contributed by atoms with Gasteiger partial charge in [0.1, 0.15) is 12.2 Å². The molecule has 3 atom stereocenters. The molecule has 2 aliphatic rings. The monoisotopic (exact) mass is 369 g/mol. The van der Waals surface area contributed by atoms with Crippen LogP contribution in [0.4, 0.5) is 13.2 Å². The number of piperidine rings is 1. The first-order chi connectivity index (χ1) is 12.3. The van der Waals surface area contributed by atoms with Crippen LogP contribution in [0, 0.1) is 23.4 Å². The van der Waals surface area contributed by atoms with Crippen LogP contribution >= 0.6 is 0 Å². The smallest absolute Gasteiger partial charge is 0.232 e. The molecule has 1 aromatic rings. The van der Waals surface area contributed by atoms with E-state index in [9.17, 15) is 22.8 Å². The van der Waals surface area contributed by atoms with Gasteiger partial charge >= 0.3 is 0 Å². The molecule has 3 rings (SSSR count). The van der Waals surface area contributed by atoms with Gasteiger partial charge in [0, 0.05) is 24.2 Å². The highest BCUT2D eigenvalue weighted by Crippen LogP contribution is 2.40. The Balaban J connectivity index is 1.66. The highest BCUT2D eigenvalue weighted by atomic mass is 19.2. The Morgan fingerprint density at radius 1 is 1.08 bits per heavy atom. The summed E-state index contributed by atoms with van der Waals surface area (Å²) >= 11 is 0. The zero-order chi connectivity index (χ0) is 19.0. The number of fused-ring (bicyclic) bond motifs is 2. The van der Waals surface area contributed by atoms with Gasteiger partial charge in [-0.1, -0.05) is 0 Å². The maximum atomic E-state index is 13.9. The van der Waals surface area contributed by atoms with E-state index in [-0.39, 0.29) is 42.3 Å². The van der Waals surface area contributed by atoms with Gasteiger partial charge in [0.15, 0.2) is 11.6 Å². The van der Waals surface area contributed by atoms with Crippen LogP contribution in [0.3, 0.4) is 0 Å². The Kier molecular flexibility index (Phi) is 5.22. The summed E-state index contributed by atoms with van der Waals surface area (Å²) in [7, 11) is 0. The topological polar surface area (TPSA) is 89.4 Å². The van der Waals surface area contributed by atoms with Gasteiger partial charge in [0.05, 0.1) is 0 Å². The molecule has 2 bridgehead atoms. The number of primary amides is 1. The van der Waals surface area contributed by atoms with Crippen molar-refractivity contribution in [1.29, 1.82) is 0 Å². The average molecular weight is 369 g/mol. The predicted molar refractivity (Wildman–Crippen MR) is 88.2 cm³/mol. The molecule has 26 heavy (non-hydrogen) atoms. The number of carbonyl (C=O) groups is 2. The molecule has 2 amide bonds. The van der Waals surface area contributed by atoms with Crippen molar-refractivity contribution in [3.8, 4) is 0 Å². The second kappa shape index (κ2) is 7.26. The third-order valence-electron chi connectivity index (χ3n) is 5.53. The maximum absolute atomic E-state index is 13.9. The number of nitrogens with two attached hydrogens (primary N) is 2. The Bertz CT molecular complexity index is 714. The second-order valence-corrected chi connectivity index (χ2v) is 7.29. The van der Waals surface area contributed by atoms with Crippen molar-refractivity contribution in [1.82, 2.24) is 4.90 Å². The van der Waals surface area contributed by atoms with Crippen molar-refractivity contribution in [3.63, 3.8) is 0 Å². The normalized spacial score (nSPS) is 26.0. The molecule has 0 radical (unpaired) electrons. The summed E-state index contributed by atoms with van der Waals surface area (Å²) in [4.78, 5) is 25.0. The molecule has 0 spiro atoms. The van der Waals surface area contributed by atoms with E-state index in [0.717, 1.165) is 18.9 Å². The van der Waals surface area contributed by atoms with Gasteiger partial charge in [-0.2, -0.15) is 0 Å². The highest BCUT2D eigenvalue weighted by Gasteiger charge is 2.44. The summed E-state index contributed by atoms with van der Waals surface area (Å²) < 4.78 is 40.3. The van der Waals surface area contributed by atoms with E-state index in [1.54, 1.807) is 4.90 Å². The molecule has 2 saturated heterocycles. The summed E-state index contributed by atoms with van der Waals surface area (Å²) in [5.74, 6) is -4.00. The van der Waals surface area contributed by atoms with Crippen molar-refractivity contribution >= 4 is 11.8 Å². The lowest BCUT2D eigenvalue weighted by molar-refractivity contribution is -0.139. The van der Waals surface area contributed by atoms with E-state index in [0.29, 0.717) is 18.9 Å². The number of hydrogen-bond donors (Lipinski definition) is 2. The number of benzene rings is 1. The number of nitrogens with zero attached hydrogens (tertiary/aromatic N) is 1. The van der Waals surface area contributed by atoms with Crippen LogP contribution in [-0.2, 0) is 16.0 Å². The average Bonchev–Trinajstić information content (AvgIpc) is 2.82. The summed E-state index contributed by atoms with van der Waals surface area (Å²) in [5, 5.41) is 0. The number of halogens is 3. The van der Waals surface area contributed by atoms with Gasteiger partial charge in [0.2, 0.25) is 11.8 Å². The van der Waals surface area contributed by atoms with Crippen LogP contribution in [0.5, 0.6) is 0 Å². The van der Waals surface area contributed by atoms with E-state index in [1.165, 1.54) is 0 Å². The molecular weight excluding hydrogens is 347 g/mol. The van der Waals surface area contributed by atoms with E-state index in [2.05, 4.69) is 0 Å². The Morgan fingerprint density at radius 3 is 2.23 bits per heavy atom. The molecule has 2 unspecified atom stereocenters. The van der Waals surface area contributed by atoms with Crippen LogP contribution in [0.1, 0.15) is 37.7 Å². The van der Waals surface area contributed by atoms with Crippen molar-refractivity contribution in [2.75, 3.05) is 0 Å². The minimum atomic E-state index is -1.22. The minimum absolute atomic E-state index is 0.00792. The fraction of sp³-hybridized carbons (Fsp3) is 0.556. The van der Waals surface area contributed by atoms with Gasteiger partial charge in [-0.05, 0) is 49.7 Å². The van der Waals surface area contributed by atoms with Gasteiger partial charge in [-0.25, -0.2) is 13.2 Å². The lowest BCUT2D eigenvalue weighted by Gasteiger charge is -2.41. The summed E-state index contributed by atoms with van der Waals surface area (Å²) in [6.45, 7) is 0. The molecule has 8 heteroatoms. The first kappa shape index (κ1) is 18.7. The van der Waals surface area contributed by atoms with Gasteiger partial charge in [-0.15, -0.1) is 0 Å². The predicted octanol–water partition coefficient (Wildman–Crippen LogP) is 1.62. The molecule has 1 aromatic carbocycles. The molecule has 5 nitrogen and oxygen atoms in total. The van der Waals surface area contributed by atoms with Crippen molar-refractivity contribution in [2.45, 2.75) is 56.7 Å². The Morgan fingerprint density at radius 2 is 1.65 bits per heavy atom. The fourth-order valence-corrected chi connectivity index (χ4v) is 4.36. The summed E-state index contributed by atoms with van der Waals surface area (Å²) in [6.07, 6.45) is 2.75. The first-order valence-electron chi connectivity index (χ1n) is 8.74. The van der Waals surface area contributed by atoms with Crippen LogP contribution in [-0.4, -0.2) is 34.8 Å². The lowest BCUT2D eigenvalue weighted by atomic mass is 9.82. The molecule has 0 saturated carbocycles. The highest BCUT2D eigenvalue weighted by molar-refractivity contribution is 5.96. The first-order valence-corrected chi connectivity index (χ1v) is 8.74. The van der Waals surface area contributed by atoms with Crippen molar-refractivity contribution in [3.05, 3.63) is 35.1 Å². The van der Waals surface area contributed by atoms with Gasteiger partial charge in [0.25, 0.3) is 0 Å². The third kappa shape index (κ3) is 3.70. The van der Waals surface area contributed by atoms with E-state index in [1.807, 2.05) is 0 Å². The fourth-order valence-electron chi connectivity index (χ4n) is 4.36. The molecule has 0 aromatic heterocycles. The van der Waals surface area contributed by atoms with E-state index < -0.39 is 29.4 Å². The zero-order valence-electron chi connectivity index (χ0n) is 14.3. The quantitative estimate of drug-likeness (QED) is 0.611. The van der Waals surface area contributed by atoms with Crippen molar-refractivity contribution < 1.29 is 22.8 Å². The molecular formula is C18H22F3N3O2. The second-order valence-electron chi connectivity index (χ2n) is 7.29. The van der Waals surface area contributed by atoms with Crippen LogP contribution in [0.2, 0.25) is 0 Å². The molecule has 0 aliphatic carbocycles. The SMILES string of the molecule is NC(=O)CC(=O)N1C2CCC1CC([C@H](N)Cc1cc(F)c(F)cc1F)C2. The van der Waals surface area contributed by atoms with Gasteiger partial charge < -0.3 is 16.4 Å². The number of carbonyl (C=O) groups excluding carboxylic acids is 2. The number of amides is 2. The Labute approximate surface area is 149 Å². The van der Waals surface area contributed by atoms with Gasteiger partial charge in [-0.3, -0.25) is 9.59 Å². The molecule has 142 valence electrons. The number of rotatable bonds is 5. The lowest BCUT2D eigenvalue weighted by Crippen LogP contribution is -2.51. The maximum Gasteiger partial charge on any atom is 0.232 e. The molecule has 2 fully saturated rings.